The molecule has 0 spiro atoms. The van der Waals surface area contributed by atoms with E-state index in [1.165, 1.54) is 32.1 Å². The second-order valence-electron chi connectivity index (χ2n) is 8.99. The fourth-order valence-electron chi connectivity index (χ4n) is 4.64. The van der Waals surface area contributed by atoms with Crippen LogP contribution in [0, 0.1) is 5.92 Å². The summed E-state index contributed by atoms with van der Waals surface area (Å²) in [4.78, 5) is 18.8. The Balaban J connectivity index is 1.34. The lowest BCUT2D eigenvalue weighted by molar-refractivity contribution is -0.121. The van der Waals surface area contributed by atoms with E-state index in [1.807, 2.05) is 53.4 Å². The Hall–Kier alpha value is -3.06. The van der Waals surface area contributed by atoms with E-state index in [1.54, 1.807) is 0 Å². The predicted molar refractivity (Wildman–Crippen MR) is 129 cm³/mol. The van der Waals surface area contributed by atoms with Gasteiger partial charge in [0.25, 0.3) is 0 Å². The molecule has 0 saturated heterocycles. The lowest BCUT2D eigenvalue weighted by Crippen LogP contribution is -2.47. The highest BCUT2D eigenvalue weighted by Crippen LogP contribution is 2.32. The molecule has 1 saturated carbocycles. The number of aliphatic imine (C=N–C) groups is 1. The minimum Gasteiger partial charge on any atom is -0.457 e. The van der Waals surface area contributed by atoms with Crippen molar-refractivity contribution in [3.63, 3.8) is 0 Å². The first-order chi connectivity index (χ1) is 16.1. The van der Waals surface area contributed by atoms with Gasteiger partial charge in [0.05, 0.1) is 18.3 Å². The van der Waals surface area contributed by atoms with E-state index in [0.29, 0.717) is 31.3 Å². The van der Waals surface area contributed by atoms with Gasteiger partial charge in [0.2, 0.25) is 5.91 Å². The van der Waals surface area contributed by atoms with Crippen molar-refractivity contribution in [2.45, 2.75) is 57.5 Å². The van der Waals surface area contributed by atoms with Crippen LogP contribution in [0.2, 0.25) is 0 Å². The van der Waals surface area contributed by atoms with Gasteiger partial charge in [-0.3, -0.25) is 4.79 Å². The number of carbonyl (C=O) groups is 1. The van der Waals surface area contributed by atoms with Gasteiger partial charge in [0.15, 0.2) is 5.96 Å². The van der Waals surface area contributed by atoms with Crippen molar-refractivity contribution in [2.24, 2.45) is 16.6 Å². The van der Waals surface area contributed by atoms with Gasteiger partial charge in [-0.2, -0.15) is 0 Å². The first kappa shape index (κ1) is 23.1. The molecule has 7 nitrogen and oxygen atoms in total. The largest absolute Gasteiger partial charge is 0.457 e. The first-order valence-electron chi connectivity index (χ1n) is 12.0. The van der Waals surface area contributed by atoms with Crippen LogP contribution in [-0.2, 0) is 11.3 Å². The van der Waals surface area contributed by atoms with Crippen molar-refractivity contribution in [1.82, 2.24) is 10.2 Å². The zero-order chi connectivity index (χ0) is 23.0. The SMILES string of the molecule is NC1=Nc2ccc(Oc3ccccc3)cc2CN1C(CO)CCC(=O)NCC1CCCCC1. The van der Waals surface area contributed by atoms with E-state index >= 15 is 0 Å². The first-order valence-corrected chi connectivity index (χ1v) is 12.0. The molecular weight excluding hydrogens is 416 g/mol. The number of nitrogens with zero attached hydrogens (tertiary/aromatic N) is 2. The number of fused-ring (bicyclic) bond motifs is 1. The maximum absolute atomic E-state index is 12.4. The van der Waals surface area contributed by atoms with Crippen LogP contribution in [0.5, 0.6) is 11.5 Å². The molecular formula is C26H34N4O3. The molecule has 1 amide bonds. The highest BCUT2D eigenvalue weighted by atomic mass is 16.5. The van der Waals surface area contributed by atoms with Crippen LogP contribution in [0.25, 0.3) is 0 Å². The zero-order valence-corrected chi connectivity index (χ0v) is 19.1. The van der Waals surface area contributed by atoms with Gasteiger partial charge < -0.3 is 25.8 Å². The topological polar surface area (TPSA) is 100 Å². The second-order valence-corrected chi connectivity index (χ2v) is 8.99. The molecule has 1 fully saturated rings. The van der Waals surface area contributed by atoms with Gasteiger partial charge in [-0.05, 0) is 55.5 Å². The molecule has 0 aromatic heterocycles. The Morgan fingerprint density at radius 3 is 2.70 bits per heavy atom. The van der Waals surface area contributed by atoms with E-state index < -0.39 is 0 Å². The number of aliphatic hydroxyl groups excluding tert-OH is 1. The van der Waals surface area contributed by atoms with Gasteiger partial charge >= 0.3 is 0 Å². The predicted octanol–water partition coefficient (Wildman–Crippen LogP) is 4.08. The molecule has 1 heterocycles. The van der Waals surface area contributed by atoms with Crippen LogP contribution in [0.3, 0.4) is 0 Å². The summed E-state index contributed by atoms with van der Waals surface area (Å²) >= 11 is 0. The van der Waals surface area contributed by atoms with Crippen molar-refractivity contribution < 1.29 is 14.6 Å². The number of nitrogens with one attached hydrogen (secondary N) is 1. The third-order valence-corrected chi connectivity index (χ3v) is 6.57. The van der Waals surface area contributed by atoms with Gasteiger partial charge in [0.1, 0.15) is 11.5 Å². The van der Waals surface area contributed by atoms with E-state index in [4.69, 9.17) is 10.5 Å². The lowest BCUT2D eigenvalue weighted by Gasteiger charge is -2.34. The summed E-state index contributed by atoms with van der Waals surface area (Å²) in [7, 11) is 0. The van der Waals surface area contributed by atoms with E-state index in [2.05, 4.69) is 10.3 Å². The van der Waals surface area contributed by atoms with Crippen LogP contribution in [0.4, 0.5) is 5.69 Å². The summed E-state index contributed by atoms with van der Waals surface area (Å²) in [6.07, 6.45) is 7.11. The number of rotatable bonds is 9. The molecule has 4 N–H and O–H groups in total. The number of aliphatic hydroxyl groups is 1. The number of amides is 1. The number of hydrogen-bond donors (Lipinski definition) is 3. The summed E-state index contributed by atoms with van der Waals surface area (Å²) in [6, 6.07) is 15.1. The lowest BCUT2D eigenvalue weighted by atomic mass is 9.89. The van der Waals surface area contributed by atoms with Crippen molar-refractivity contribution in [3.8, 4) is 11.5 Å². The molecule has 1 aliphatic carbocycles. The normalized spacial score (nSPS) is 17.1. The molecule has 1 atom stereocenters. The summed E-state index contributed by atoms with van der Waals surface area (Å²) in [5.74, 6) is 2.48. The molecule has 176 valence electrons. The molecule has 1 aliphatic heterocycles. The third kappa shape index (κ3) is 6.26. The highest BCUT2D eigenvalue weighted by molar-refractivity contribution is 5.84. The number of carbonyl (C=O) groups excluding carboxylic acids is 1. The number of hydrogen-bond acceptors (Lipinski definition) is 6. The Morgan fingerprint density at radius 1 is 1.15 bits per heavy atom. The average Bonchev–Trinajstić information content (AvgIpc) is 2.85. The van der Waals surface area contributed by atoms with Gasteiger partial charge in [0, 0.05) is 25.1 Å². The molecule has 2 aliphatic rings. The van der Waals surface area contributed by atoms with Gasteiger partial charge in [-0.15, -0.1) is 0 Å². The molecule has 33 heavy (non-hydrogen) atoms. The van der Waals surface area contributed by atoms with Crippen molar-refractivity contribution in [3.05, 3.63) is 54.1 Å². The van der Waals surface area contributed by atoms with Gasteiger partial charge in [-0.25, -0.2) is 4.99 Å². The Morgan fingerprint density at radius 2 is 1.94 bits per heavy atom. The van der Waals surface area contributed by atoms with Crippen LogP contribution in [0.15, 0.2) is 53.5 Å². The van der Waals surface area contributed by atoms with E-state index in [9.17, 15) is 9.90 Å². The molecule has 7 heteroatoms. The Kier molecular flexibility index (Phi) is 7.83. The number of nitrogens with two attached hydrogens (primary N) is 1. The van der Waals surface area contributed by atoms with Crippen LogP contribution in [0.1, 0.15) is 50.5 Å². The Bertz CT molecular complexity index is 957. The van der Waals surface area contributed by atoms with Crippen LogP contribution in [-0.4, -0.2) is 41.1 Å². The summed E-state index contributed by atoms with van der Waals surface area (Å²) in [5.41, 5.74) is 7.99. The summed E-state index contributed by atoms with van der Waals surface area (Å²) < 4.78 is 5.95. The van der Waals surface area contributed by atoms with E-state index in [0.717, 1.165) is 29.3 Å². The second kappa shape index (κ2) is 11.2. The number of ether oxygens (including phenoxy) is 1. The maximum Gasteiger partial charge on any atom is 0.220 e. The number of benzene rings is 2. The van der Waals surface area contributed by atoms with Crippen molar-refractivity contribution in [1.29, 1.82) is 0 Å². The quantitative estimate of drug-likeness (QED) is 0.535. The monoisotopic (exact) mass is 450 g/mol. The average molecular weight is 451 g/mol. The summed E-state index contributed by atoms with van der Waals surface area (Å²) in [6.45, 7) is 1.17. The van der Waals surface area contributed by atoms with Crippen molar-refractivity contribution in [2.75, 3.05) is 13.2 Å². The van der Waals surface area contributed by atoms with Crippen molar-refractivity contribution >= 4 is 17.6 Å². The van der Waals surface area contributed by atoms with Gasteiger partial charge in [-0.1, -0.05) is 37.5 Å². The smallest absolute Gasteiger partial charge is 0.220 e. The molecule has 1 unspecified atom stereocenters. The minimum atomic E-state index is -0.277. The fourth-order valence-corrected chi connectivity index (χ4v) is 4.64. The molecule has 4 rings (SSSR count). The molecule has 0 bridgehead atoms. The summed E-state index contributed by atoms with van der Waals surface area (Å²) in [5, 5.41) is 13.1. The minimum absolute atomic E-state index is 0.0329. The fraction of sp³-hybridized carbons (Fsp3) is 0.462. The Labute approximate surface area is 195 Å². The maximum atomic E-state index is 12.4. The zero-order valence-electron chi connectivity index (χ0n) is 19.1. The number of para-hydroxylation sites is 1. The van der Waals surface area contributed by atoms with Crippen LogP contribution < -0.4 is 15.8 Å². The molecule has 2 aromatic carbocycles. The number of guanidine groups is 1. The molecule has 2 aromatic rings. The standard InChI is InChI=1S/C26H34N4O3/c27-26-29-24-13-12-23(33-22-9-5-2-6-10-22)15-20(24)17-30(26)21(18-31)11-14-25(32)28-16-19-7-3-1-4-8-19/h2,5-6,9-10,12-13,15,19,21,31H,1,3-4,7-8,11,14,16-18H2,(H2,27,29)(H,28,32). The highest BCUT2D eigenvalue weighted by Gasteiger charge is 2.26. The molecule has 0 radical (unpaired) electrons. The third-order valence-electron chi connectivity index (χ3n) is 6.57. The van der Waals surface area contributed by atoms with E-state index in [-0.39, 0.29) is 18.6 Å². The van der Waals surface area contributed by atoms with Crippen LogP contribution >= 0.6 is 0 Å².